The van der Waals surface area contributed by atoms with E-state index in [1.165, 1.54) is 24.8 Å². The first kappa shape index (κ1) is 9.98. The fourth-order valence-electron chi connectivity index (χ4n) is 2.18. The molecule has 0 bridgehead atoms. The van der Waals surface area contributed by atoms with Crippen LogP contribution >= 0.6 is 0 Å². The first-order chi connectivity index (χ1) is 7.24. The molecule has 15 heavy (non-hydrogen) atoms. The Morgan fingerprint density at radius 2 is 2.00 bits per heavy atom. The molecule has 0 saturated heterocycles. The van der Waals surface area contributed by atoms with Gasteiger partial charge in [0, 0.05) is 5.41 Å². The minimum Gasteiger partial charge on any atom is -0.192 e. The van der Waals surface area contributed by atoms with Crippen molar-refractivity contribution in [1.82, 2.24) is 0 Å². The predicted molar refractivity (Wildman–Crippen MR) is 61.5 cm³/mol. The van der Waals surface area contributed by atoms with Gasteiger partial charge in [-0.25, -0.2) is 0 Å². The van der Waals surface area contributed by atoms with Crippen LogP contribution in [0.2, 0.25) is 0 Å². The third-order valence-corrected chi connectivity index (χ3v) is 3.23. The van der Waals surface area contributed by atoms with Gasteiger partial charge in [-0.2, -0.15) is 5.26 Å². The molecule has 2 rings (SSSR count). The Morgan fingerprint density at radius 1 is 1.27 bits per heavy atom. The molecule has 0 aliphatic heterocycles. The largest absolute Gasteiger partial charge is 0.192 e. The molecule has 1 aliphatic carbocycles. The highest BCUT2D eigenvalue weighted by Crippen LogP contribution is 2.34. The second kappa shape index (κ2) is 3.90. The van der Waals surface area contributed by atoms with Crippen molar-refractivity contribution in [3.8, 4) is 6.07 Å². The summed E-state index contributed by atoms with van der Waals surface area (Å²) in [6, 6.07) is 10.1. The number of hydrogen-bond acceptors (Lipinski definition) is 1. The molecule has 0 fully saturated rings. The minimum atomic E-state index is 0.173. The van der Waals surface area contributed by atoms with Gasteiger partial charge >= 0.3 is 0 Å². The van der Waals surface area contributed by atoms with Crippen LogP contribution in [0.25, 0.3) is 0 Å². The van der Waals surface area contributed by atoms with Crippen molar-refractivity contribution >= 4 is 0 Å². The molecule has 1 heteroatoms. The maximum absolute atomic E-state index is 8.74. The van der Waals surface area contributed by atoms with Crippen LogP contribution in [0, 0.1) is 11.3 Å². The number of allylic oxidation sites excluding steroid dienone is 2. The van der Waals surface area contributed by atoms with Crippen LogP contribution < -0.4 is 0 Å². The number of rotatable bonds is 1. The molecule has 0 spiro atoms. The van der Waals surface area contributed by atoms with Crippen LogP contribution in [-0.2, 0) is 5.41 Å². The van der Waals surface area contributed by atoms with E-state index in [-0.39, 0.29) is 5.41 Å². The lowest BCUT2D eigenvalue weighted by atomic mass is 9.75. The number of nitrogens with zero attached hydrogens (tertiary/aromatic N) is 1. The first-order valence-electron chi connectivity index (χ1n) is 5.43. The van der Waals surface area contributed by atoms with Crippen molar-refractivity contribution in [3.63, 3.8) is 0 Å². The van der Waals surface area contributed by atoms with Gasteiger partial charge in [0.2, 0.25) is 0 Å². The van der Waals surface area contributed by atoms with Gasteiger partial charge in [0.05, 0.1) is 11.6 Å². The summed E-state index contributed by atoms with van der Waals surface area (Å²) in [5, 5.41) is 8.74. The molecule has 0 saturated carbocycles. The predicted octanol–water partition coefficient (Wildman–Crippen LogP) is 3.56. The van der Waals surface area contributed by atoms with Crippen molar-refractivity contribution in [3.05, 3.63) is 47.5 Å². The molecule has 1 atom stereocenters. The van der Waals surface area contributed by atoms with Crippen molar-refractivity contribution in [2.45, 2.75) is 31.6 Å². The molecule has 0 N–H and O–H groups in total. The highest BCUT2D eigenvalue weighted by molar-refractivity contribution is 5.37. The standard InChI is InChI=1S/C14H15N/c1-14(9-3-2-4-10-14)13-7-5-12(11-15)6-8-13/h3,5-9H,2,4,10H2,1H3/t14-/m0/s1. The SMILES string of the molecule is C[C@]1(c2ccc(C#N)cc2)C=CCCC1. The molecule has 76 valence electrons. The second-order valence-corrected chi connectivity index (χ2v) is 4.40. The average Bonchev–Trinajstić information content (AvgIpc) is 2.30. The molecule has 1 aliphatic rings. The number of nitriles is 1. The summed E-state index contributed by atoms with van der Waals surface area (Å²) in [5.74, 6) is 0. The van der Waals surface area contributed by atoms with Gasteiger partial charge in [0.25, 0.3) is 0 Å². The summed E-state index contributed by atoms with van der Waals surface area (Å²) in [6.07, 6.45) is 8.23. The monoisotopic (exact) mass is 197 g/mol. The van der Waals surface area contributed by atoms with Crippen molar-refractivity contribution in [2.24, 2.45) is 0 Å². The van der Waals surface area contributed by atoms with E-state index in [1.807, 2.05) is 12.1 Å². The Kier molecular flexibility index (Phi) is 2.60. The van der Waals surface area contributed by atoms with Crippen LogP contribution in [-0.4, -0.2) is 0 Å². The van der Waals surface area contributed by atoms with Gasteiger partial charge < -0.3 is 0 Å². The quantitative estimate of drug-likeness (QED) is 0.631. The van der Waals surface area contributed by atoms with E-state index in [9.17, 15) is 0 Å². The zero-order valence-corrected chi connectivity index (χ0v) is 9.03. The summed E-state index contributed by atoms with van der Waals surface area (Å²) in [4.78, 5) is 0. The Labute approximate surface area is 91.0 Å². The fraction of sp³-hybridized carbons (Fsp3) is 0.357. The molecule has 0 unspecified atom stereocenters. The van der Waals surface area contributed by atoms with E-state index in [4.69, 9.17) is 5.26 Å². The average molecular weight is 197 g/mol. The third kappa shape index (κ3) is 1.94. The highest BCUT2D eigenvalue weighted by Gasteiger charge is 2.24. The minimum absolute atomic E-state index is 0.173. The molecule has 0 amide bonds. The lowest BCUT2D eigenvalue weighted by Crippen LogP contribution is -2.20. The zero-order chi connectivity index (χ0) is 10.7. The molecule has 0 aromatic heterocycles. The zero-order valence-electron chi connectivity index (χ0n) is 9.03. The fourth-order valence-corrected chi connectivity index (χ4v) is 2.18. The number of benzene rings is 1. The first-order valence-corrected chi connectivity index (χ1v) is 5.43. The van der Waals surface area contributed by atoms with E-state index < -0.39 is 0 Å². The topological polar surface area (TPSA) is 23.8 Å². The Morgan fingerprint density at radius 3 is 2.53 bits per heavy atom. The van der Waals surface area contributed by atoms with E-state index in [2.05, 4.69) is 37.3 Å². The van der Waals surface area contributed by atoms with Crippen molar-refractivity contribution in [1.29, 1.82) is 5.26 Å². The second-order valence-electron chi connectivity index (χ2n) is 4.40. The van der Waals surface area contributed by atoms with E-state index >= 15 is 0 Å². The molecule has 0 radical (unpaired) electrons. The van der Waals surface area contributed by atoms with Gasteiger partial charge in [-0.15, -0.1) is 0 Å². The molecule has 0 heterocycles. The van der Waals surface area contributed by atoms with E-state index in [0.717, 1.165) is 5.56 Å². The maximum Gasteiger partial charge on any atom is 0.0991 e. The summed E-state index contributed by atoms with van der Waals surface area (Å²) in [6.45, 7) is 2.27. The Hall–Kier alpha value is -1.55. The lowest BCUT2D eigenvalue weighted by molar-refractivity contribution is 0.496. The molecule has 1 nitrogen and oxygen atoms in total. The Bertz CT molecular complexity index is 408. The van der Waals surface area contributed by atoms with Crippen molar-refractivity contribution in [2.75, 3.05) is 0 Å². The van der Waals surface area contributed by atoms with Gasteiger partial charge in [0.1, 0.15) is 0 Å². The summed E-state index contributed by atoms with van der Waals surface area (Å²) in [5.41, 5.74) is 2.23. The third-order valence-electron chi connectivity index (χ3n) is 3.23. The maximum atomic E-state index is 8.74. The van der Waals surface area contributed by atoms with Gasteiger partial charge in [-0.3, -0.25) is 0 Å². The van der Waals surface area contributed by atoms with Crippen LogP contribution in [0.5, 0.6) is 0 Å². The summed E-state index contributed by atoms with van der Waals surface area (Å²) in [7, 11) is 0. The molecule has 1 aromatic rings. The highest BCUT2D eigenvalue weighted by atomic mass is 14.3. The van der Waals surface area contributed by atoms with Crippen LogP contribution in [0.15, 0.2) is 36.4 Å². The van der Waals surface area contributed by atoms with Crippen LogP contribution in [0.4, 0.5) is 0 Å². The van der Waals surface area contributed by atoms with E-state index in [0.29, 0.717) is 0 Å². The van der Waals surface area contributed by atoms with Gasteiger partial charge in [-0.1, -0.05) is 31.2 Å². The lowest BCUT2D eigenvalue weighted by Gasteiger charge is -2.29. The van der Waals surface area contributed by atoms with Gasteiger partial charge in [0.15, 0.2) is 0 Å². The van der Waals surface area contributed by atoms with Crippen LogP contribution in [0.1, 0.15) is 37.3 Å². The van der Waals surface area contributed by atoms with Gasteiger partial charge in [-0.05, 0) is 37.0 Å². The molecular weight excluding hydrogens is 182 g/mol. The molecular formula is C14H15N. The van der Waals surface area contributed by atoms with Crippen LogP contribution in [0.3, 0.4) is 0 Å². The summed E-state index contributed by atoms with van der Waals surface area (Å²) >= 11 is 0. The number of hydrogen-bond donors (Lipinski definition) is 0. The smallest absolute Gasteiger partial charge is 0.0991 e. The van der Waals surface area contributed by atoms with E-state index in [1.54, 1.807) is 0 Å². The molecule has 1 aromatic carbocycles. The van der Waals surface area contributed by atoms with Crippen molar-refractivity contribution < 1.29 is 0 Å². The Balaban J connectivity index is 2.33. The normalized spacial score (nSPS) is 24.8. The summed E-state index contributed by atoms with van der Waals surface area (Å²) < 4.78 is 0.